The van der Waals surface area contributed by atoms with E-state index in [9.17, 15) is 0 Å². The highest BCUT2D eigenvalue weighted by Crippen LogP contribution is 2.25. The highest BCUT2D eigenvalue weighted by atomic mass is 16.5. The van der Waals surface area contributed by atoms with Crippen LogP contribution in [0, 0.1) is 0 Å². The molecule has 0 amide bonds. The van der Waals surface area contributed by atoms with Gasteiger partial charge in [0.25, 0.3) is 0 Å². The van der Waals surface area contributed by atoms with Crippen molar-refractivity contribution in [3.63, 3.8) is 0 Å². The Hall–Kier alpha value is -2.40. The van der Waals surface area contributed by atoms with Crippen LogP contribution in [-0.4, -0.2) is 36.2 Å². The number of imidazole rings is 1. The standard InChI is InChI=1S/C16H18N4O/c1-20(2)13-10-9-12-15(18-13)19-16(17-12)14(21-3)11-7-5-4-6-8-11/h4-10,14H,1-3H3,(H,17,18,19). The zero-order chi connectivity index (χ0) is 14.8. The molecule has 21 heavy (non-hydrogen) atoms. The van der Waals surface area contributed by atoms with Gasteiger partial charge in [0.05, 0.1) is 5.52 Å². The van der Waals surface area contributed by atoms with E-state index < -0.39 is 0 Å². The minimum Gasteiger partial charge on any atom is -0.369 e. The van der Waals surface area contributed by atoms with E-state index >= 15 is 0 Å². The Bertz CT molecular complexity index is 736. The molecule has 1 N–H and O–H groups in total. The number of aromatic amines is 1. The maximum Gasteiger partial charge on any atom is 0.179 e. The van der Waals surface area contributed by atoms with Gasteiger partial charge in [-0.1, -0.05) is 30.3 Å². The van der Waals surface area contributed by atoms with E-state index in [0.29, 0.717) is 5.65 Å². The zero-order valence-electron chi connectivity index (χ0n) is 12.4. The molecule has 0 spiro atoms. The minimum absolute atomic E-state index is 0.219. The minimum atomic E-state index is -0.219. The second-order valence-corrected chi connectivity index (χ2v) is 5.08. The van der Waals surface area contributed by atoms with Gasteiger partial charge < -0.3 is 14.6 Å². The summed E-state index contributed by atoms with van der Waals surface area (Å²) >= 11 is 0. The number of hydrogen-bond donors (Lipinski definition) is 1. The van der Waals surface area contributed by atoms with Gasteiger partial charge in [0.1, 0.15) is 17.7 Å². The smallest absolute Gasteiger partial charge is 0.179 e. The molecule has 2 heterocycles. The molecule has 108 valence electrons. The highest BCUT2D eigenvalue weighted by molar-refractivity contribution is 5.73. The van der Waals surface area contributed by atoms with Gasteiger partial charge in [-0.25, -0.2) is 9.97 Å². The molecule has 5 nitrogen and oxygen atoms in total. The normalized spacial score (nSPS) is 12.5. The van der Waals surface area contributed by atoms with E-state index in [4.69, 9.17) is 4.74 Å². The van der Waals surface area contributed by atoms with Gasteiger partial charge in [-0.15, -0.1) is 0 Å². The van der Waals surface area contributed by atoms with Crippen molar-refractivity contribution in [3.05, 3.63) is 53.9 Å². The molecule has 0 saturated heterocycles. The van der Waals surface area contributed by atoms with E-state index in [0.717, 1.165) is 22.7 Å². The monoisotopic (exact) mass is 282 g/mol. The Morgan fingerprint density at radius 3 is 2.48 bits per heavy atom. The second-order valence-electron chi connectivity index (χ2n) is 5.08. The van der Waals surface area contributed by atoms with Crippen molar-refractivity contribution in [2.24, 2.45) is 0 Å². The molecule has 0 saturated carbocycles. The van der Waals surface area contributed by atoms with E-state index in [-0.39, 0.29) is 6.10 Å². The molecule has 1 atom stereocenters. The average molecular weight is 282 g/mol. The van der Waals surface area contributed by atoms with Gasteiger partial charge in [0.2, 0.25) is 0 Å². The summed E-state index contributed by atoms with van der Waals surface area (Å²) in [5, 5.41) is 0. The Labute approximate surface area is 123 Å². The number of nitrogens with zero attached hydrogens (tertiary/aromatic N) is 3. The van der Waals surface area contributed by atoms with Crippen LogP contribution in [-0.2, 0) is 4.74 Å². The molecular formula is C16H18N4O. The number of benzene rings is 1. The third-order valence-corrected chi connectivity index (χ3v) is 3.39. The average Bonchev–Trinajstić information content (AvgIpc) is 2.91. The van der Waals surface area contributed by atoms with Crippen LogP contribution < -0.4 is 4.90 Å². The third kappa shape index (κ3) is 2.60. The molecule has 1 aromatic carbocycles. The van der Waals surface area contributed by atoms with Gasteiger partial charge in [0, 0.05) is 21.2 Å². The van der Waals surface area contributed by atoms with Crippen molar-refractivity contribution < 1.29 is 4.74 Å². The number of nitrogens with one attached hydrogen (secondary N) is 1. The number of pyridine rings is 1. The van der Waals surface area contributed by atoms with E-state index in [1.165, 1.54) is 0 Å². The van der Waals surface area contributed by atoms with Crippen LogP contribution in [0.15, 0.2) is 42.5 Å². The maximum absolute atomic E-state index is 5.60. The predicted octanol–water partition coefficient (Wildman–Crippen LogP) is 2.76. The first kappa shape index (κ1) is 13.6. The van der Waals surface area contributed by atoms with Crippen LogP contribution in [0.5, 0.6) is 0 Å². The lowest BCUT2D eigenvalue weighted by Crippen LogP contribution is -2.10. The largest absolute Gasteiger partial charge is 0.369 e. The maximum atomic E-state index is 5.60. The van der Waals surface area contributed by atoms with Crippen molar-refractivity contribution >= 4 is 17.0 Å². The van der Waals surface area contributed by atoms with Crippen LogP contribution in [0.3, 0.4) is 0 Å². The SMILES string of the molecule is COC(c1ccccc1)c1nc2nc(N(C)C)ccc2[nH]1. The lowest BCUT2D eigenvalue weighted by Gasteiger charge is -2.12. The molecule has 2 aromatic heterocycles. The Morgan fingerprint density at radius 1 is 1.05 bits per heavy atom. The predicted molar refractivity (Wildman–Crippen MR) is 83.5 cm³/mol. The molecule has 5 heteroatoms. The number of aromatic nitrogens is 3. The van der Waals surface area contributed by atoms with Crippen LogP contribution in [0.25, 0.3) is 11.2 Å². The molecule has 0 fully saturated rings. The van der Waals surface area contributed by atoms with E-state index in [2.05, 4.69) is 15.0 Å². The molecule has 3 rings (SSSR count). The van der Waals surface area contributed by atoms with Gasteiger partial charge in [-0.3, -0.25) is 0 Å². The van der Waals surface area contributed by atoms with E-state index in [1.807, 2.05) is 61.5 Å². The van der Waals surface area contributed by atoms with Crippen LogP contribution >= 0.6 is 0 Å². The zero-order valence-corrected chi connectivity index (χ0v) is 12.4. The number of anilines is 1. The fourth-order valence-corrected chi connectivity index (χ4v) is 2.31. The summed E-state index contributed by atoms with van der Waals surface area (Å²) in [6.45, 7) is 0. The number of hydrogen-bond acceptors (Lipinski definition) is 4. The second kappa shape index (κ2) is 5.54. The molecule has 0 aliphatic heterocycles. The summed E-state index contributed by atoms with van der Waals surface area (Å²) < 4.78 is 5.60. The fraction of sp³-hybridized carbons (Fsp3) is 0.250. The Morgan fingerprint density at radius 2 is 1.81 bits per heavy atom. The molecule has 0 aliphatic carbocycles. The highest BCUT2D eigenvalue weighted by Gasteiger charge is 2.18. The van der Waals surface area contributed by atoms with Crippen LogP contribution in [0.1, 0.15) is 17.5 Å². The summed E-state index contributed by atoms with van der Waals surface area (Å²) in [6, 6.07) is 14.0. The summed E-state index contributed by atoms with van der Waals surface area (Å²) in [7, 11) is 5.61. The first-order chi connectivity index (χ1) is 10.2. The third-order valence-electron chi connectivity index (χ3n) is 3.39. The molecule has 1 unspecified atom stereocenters. The van der Waals surface area contributed by atoms with E-state index in [1.54, 1.807) is 7.11 Å². The molecule has 0 radical (unpaired) electrons. The van der Waals surface area contributed by atoms with Gasteiger partial charge >= 0.3 is 0 Å². The van der Waals surface area contributed by atoms with Crippen molar-refractivity contribution in [1.29, 1.82) is 0 Å². The number of rotatable bonds is 4. The first-order valence-electron chi connectivity index (χ1n) is 6.81. The molecule has 0 aliphatic rings. The summed E-state index contributed by atoms with van der Waals surface area (Å²) in [5.74, 6) is 1.65. The number of fused-ring (bicyclic) bond motifs is 1. The lowest BCUT2D eigenvalue weighted by molar-refractivity contribution is 0.130. The van der Waals surface area contributed by atoms with Gasteiger partial charge in [-0.2, -0.15) is 0 Å². The van der Waals surface area contributed by atoms with Crippen molar-refractivity contribution in [3.8, 4) is 0 Å². The van der Waals surface area contributed by atoms with Crippen molar-refractivity contribution in [1.82, 2.24) is 15.0 Å². The van der Waals surface area contributed by atoms with Crippen LogP contribution in [0.2, 0.25) is 0 Å². The summed E-state index contributed by atoms with van der Waals surface area (Å²) in [4.78, 5) is 14.4. The number of methoxy groups -OCH3 is 1. The topological polar surface area (TPSA) is 54.0 Å². The summed E-state index contributed by atoms with van der Waals surface area (Å²) in [5.41, 5.74) is 2.68. The van der Waals surface area contributed by atoms with Crippen LogP contribution in [0.4, 0.5) is 5.82 Å². The quantitative estimate of drug-likeness (QED) is 0.799. The Kier molecular flexibility index (Phi) is 3.58. The van der Waals surface area contributed by atoms with Crippen molar-refractivity contribution in [2.45, 2.75) is 6.10 Å². The van der Waals surface area contributed by atoms with Gasteiger partial charge in [0.15, 0.2) is 5.65 Å². The first-order valence-corrected chi connectivity index (χ1v) is 6.81. The molecule has 3 aromatic rings. The molecule has 0 bridgehead atoms. The van der Waals surface area contributed by atoms with Crippen molar-refractivity contribution in [2.75, 3.05) is 26.1 Å². The van der Waals surface area contributed by atoms with Gasteiger partial charge in [-0.05, 0) is 17.7 Å². The Balaban J connectivity index is 2.03. The molecular weight excluding hydrogens is 264 g/mol. The number of ether oxygens (including phenoxy) is 1. The summed E-state index contributed by atoms with van der Waals surface area (Å²) in [6.07, 6.45) is -0.219. The lowest BCUT2D eigenvalue weighted by atomic mass is 10.1. The fourth-order valence-electron chi connectivity index (χ4n) is 2.31. The number of H-pyrrole nitrogens is 1.